The Labute approximate surface area is 279 Å². The van der Waals surface area contributed by atoms with Gasteiger partial charge in [0.05, 0.1) is 16.8 Å². The largest absolute Gasteiger partial charge is 0.496 e. The van der Waals surface area contributed by atoms with Crippen molar-refractivity contribution in [1.82, 2.24) is 15.0 Å². The minimum atomic E-state index is -1.15. The summed E-state index contributed by atoms with van der Waals surface area (Å²) in [5.41, 5.74) is -2.19. The number of halogens is 1. The van der Waals surface area contributed by atoms with Crippen LogP contribution in [0.4, 0.5) is 24.6 Å². The monoisotopic (exact) mass is 668 g/mol. The number of hydrogen-bond donors (Lipinski definition) is 1. The molecule has 0 atom stereocenters. The number of anilines is 1. The molecule has 1 N–H and O–H groups in total. The SMILES string of the molecule is CN(Cc1ccc(-c2cc(-c3cc(B4OC(C)(C)C(C)(C)O4)cnc3N(C(=O)OC(C)(C)C)C(=O)OC(C)(C)C)on2)c(F)c1)C(=O)O. The van der Waals surface area contributed by atoms with Crippen molar-refractivity contribution >= 4 is 36.7 Å². The molecule has 0 unspecified atom stereocenters. The molecule has 1 aromatic carbocycles. The first-order chi connectivity index (χ1) is 22.0. The third kappa shape index (κ3) is 8.13. The van der Waals surface area contributed by atoms with E-state index >= 15 is 4.39 Å². The van der Waals surface area contributed by atoms with Gasteiger partial charge in [0.15, 0.2) is 11.6 Å². The van der Waals surface area contributed by atoms with Gasteiger partial charge in [-0.1, -0.05) is 11.2 Å². The average molecular weight is 669 g/mol. The Balaban J connectivity index is 1.85. The highest BCUT2D eigenvalue weighted by Gasteiger charge is 2.52. The zero-order valence-electron chi connectivity index (χ0n) is 29.1. The summed E-state index contributed by atoms with van der Waals surface area (Å²) in [5.74, 6) is -0.842. The molecule has 1 fully saturated rings. The lowest BCUT2D eigenvalue weighted by atomic mass is 9.79. The van der Waals surface area contributed by atoms with E-state index in [2.05, 4.69) is 10.1 Å². The molecule has 3 heterocycles. The van der Waals surface area contributed by atoms with Crippen LogP contribution in [0.2, 0.25) is 0 Å². The van der Waals surface area contributed by atoms with Gasteiger partial charge in [-0.25, -0.2) is 23.8 Å². The minimum absolute atomic E-state index is 0.0251. The number of imide groups is 1. The number of nitrogens with zero attached hydrogens (tertiary/aromatic N) is 4. The van der Waals surface area contributed by atoms with Gasteiger partial charge in [-0.3, -0.25) is 0 Å². The Kier molecular flexibility index (Phi) is 9.72. The van der Waals surface area contributed by atoms with Crippen molar-refractivity contribution in [3.8, 4) is 22.6 Å². The fourth-order valence-electron chi connectivity index (χ4n) is 4.54. The van der Waals surface area contributed by atoms with Crippen molar-refractivity contribution in [3.05, 3.63) is 47.9 Å². The second-order valence-corrected chi connectivity index (χ2v) is 14.6. The van der Waals surface area contributed by atoms with Crippen LogP contribution in [-0.4, -0.2) is 75.0 Å². The smallest absolute Gasteiger partial charge is 0.465 e. The molecule has 0 saturated carbocycles. The van der Waals surface area contributed by atoms with E-state index in [1.807, 2.05) is 27.7 Å². The lowest BCUT2D eigenvalue weighted by Gasteiger charge is -2.32. The highest BCUT2D eigenvalue weighted by Crippen LogP contribution is 2.38. The molecule has 0 aliphatic carbocycles. The number of rotatable bonds is 6. The molecule has 1 aliphatic rings. The minimum Gasteiger partial charge on any atom is -0.465 e. The van der Waals surface area contributed by atoms with Gasteiger partial charge in [-0.05, 0) is 93.0 Å². The van der Waals surface area contributed by atoms with E-state index in [1.165, 1.54) is 31.4 Å². The summed E-state index contributed by atoms with van der Waals surface area (Å²) in [4.78, 5) is 44.6. The summed E-state index contributed by atoms with van der Waals surface area (Å²) in [5, 5.41) is 13.2. The molecule has 2 aromatic heterocycles. The van der Waals surface area contributed by atoms with Crippen LogP contribution < -0.4 is 10.4 Å². The maximum absolute atomic E-state index is 15.3. The second-order valence-electron chi connectivity index (χ2n) is 14.6. The fourth-order valence-corrected chi connectivity index (χ4v) is 4.54. The van der Waals surface area contributed by atoms with E-state index in [4.69, 9.17) is 28.4 Å². The number of benzene rings is 1. The van der Waals surface area contributed by atoms with Crippen molar-refractivity contribution in [2.24, 2.45) is 0 Å². The van der Waals surface area contributed by atoms with E-state index in [-0.39, 0.29) is 34.9 Å². The van der Waals surface area contributed by atoms with Gasteiger partial charge < -0.3 is 33.3 Å². The molecular weight excluding hydrogens is 626 g/mol. The van der Waals surface area contributed by atoms with Crippen LogP contribution in [0.5, 0.6) is 0 Å². The molecule has 13 nitrogen and oxygen atoms in total. The van der Waals surface area contributed by atoms with Crippen LogP contribution in [0, 0.1) is 5.82 Å². The topological polar surface area (TPSA) is 154 Å². The summed E-state index contributed by atoms with van der Waals surface area (Å²) >= 11 is 0. The lowest BCUT2D eigenvalue weighted by Crippen LogP contribution is -2.45. The number of hydrogen-bond acceptors (Lipinski definition) is 10. The summed E-state index contributed by atoms with van der Waals surface area (Å²) in [6, 6.07) is 7.25. The van der Waals surface area contributed by atoms with E-state index in [0.717, 1.165) is 4.90 Å². The van der Waals surface area contributed by atoms with Gasteiger partial charge in [0, 0.05) is 36.9 Å². The number of carboxylic acid groups (broad SMARTS) is 1. The predicted octanol–water partition coefficient (Wildman–Crippen LogP) is 6.63. The first-order valence-electron chi connectivity index (χ1n) is 15.3. The lowest BCUT2D eigenvalue weighted by molar-refractivity contribution is 0.00578. The summed E-state index contributed by atoms with van der Waals surface area (Å²) in [6.45, 7) is 17.4. The molecular formula is C33H42BFN4O9. The van der Waals surface area contributed by atoms with Crippen LogP contribution in [-0.2, 0) is 25.3 Å². The van der Waals surface area contributed by atoms with Crippen molar-refractivity contribution in [1.29, 1.82) is 0 Å². The third-order valence-electron chi connectivity index (χ3n) is 7.61. The summed E-state index contributed by atoms with van der Waals surface area (Å²) in [7, 11) is 0.502. The Morgan fingerprint density at radius 2 is 1.48 bits per heavy atom. The molecule has 48 heavy (non-hydrogen) atoms. The van der Waals surface area contributed by atoms with E-state index in [0.29, 0.717) is 15.9 Å². The highest BCUT2D eigenvalue weighted by molar-refractivity contribution is 6.62. The van der Waals surface area contributed by atoms with E-state index in [9.17, 15) is 14.4 Å². The second kappa shape index (κ2) is 12.8. The van der Waals surface area contributed by atoms with Gasteiger partial charge >= 0.3 is 25.4 Å². The van der Waals surface area contributed by atoms with Crippen LogP contribution >= 0.6 is 0 Å². The molecule has 0 radical (unpaired) electrons. The zero-order chi connectivity index (χ0) is 36.0. The van der Waals surface area contributed by atoms with Gasteiger partial charge in [0.1, 0.15) is 22.7 Å². The zero-order valence-corrected chi connectivity index (χ0v) is 29.1. The number of carbonyl (C=O) groups excluding carboxylic acids is 2. The Morgan fingerprint density at radius 1 is 0.917 bits per heavy atom. The molecule has 3 amide bonds. The predicted molar refractivity (Wildman–Crippen MR) is 175 cm³/mol. The maximum Gasteiger partial charge on any atom is 0.496 e. The maximum atomic E-state index is 15.3. The van der Waals surface area contributed by atoms with Crippen LogP contribution in [0.3, 0.4) is 0 Å². The molecule has 3 aromatic rings. The molecule has 1 saturated heterocycles. The van der Waals surface area contributed by atoms with E-state index in [1.54, 1.807) is 53.7 Å². The summed E-state index contributed by atoms with van der Waals surface area (Å²) in [6.07, 6.45) is -1.85. The van der Waals surface area contributed by atoms with Gasteiger partial charge in [0.2, 0.25) is 0 Å². The standard InChI is InChI=1S/C33H42BFN4O9/c1-30(2,3)44-28(42)39(29(43)45-31(4,5)6)26-22(15-20(17-36-26)34-47-32(7,8)33(9,10)48-34)25-16-24(37-46-25)21-13-12-19(14-23(21)35)18-38(11)27(40)41/h12-17H,18H2,1-11H3,(H,40,41). The first-order valence-corrected chi connectivity index (χ1v) is 15.3. The van der Waals surface area contributed by atoms with Crippen LogP contribution in [0.1, 0.15) is 74.8 Å². The normalized spacial score (nSPS) is 15.6. The Hall–Kier alpha value is -4.50. The number of pyridine rings is 1. The number of aromatic nitrogens is 2. The molecule has 0 spiro atoms. The van der Waals surface area contributed by atoms with Crippen molar-refractivity contribution in [2.75, 3.05) is 11.9 Å². The fraction of sp³-hybridized carbons (Fsp3) is 0.485. The van der Waals surface area contributed by atoms with Gasteiger partial charge in [-0.15, -0.1) is 0 Å². The van der Waals surface area contributed by atoms with Crippen molar-refractivity contribution < 1.29 is 47.2 Å². The van der Waals surface area contributed by atoms with Crippen LogP contribution in [0.15, 0.2) is 41.1 Å². The molecule has 15 heteroatoms. The molecule has 4 rings (SSSR count). The van der Waals surface area contributed by atoms with Crippen molar-refractivity contribution in [2.45, 2.75) is 98.2 Å². The molecule has 258 valence electrons. The quantitative estimate of drug-likeness (QED) is 0.282. The molecule has 0 bridgehead atoms. The van der Waals surface area contributed by atoms with Gasteiger partial charge in [0.25, 0.3) is 0 Å². The number of amides is 3. The van der Waals surface area contributed by atoms with Gasteiger partial charge in [-0.2, -0.15) is 4.90 Å². The number of carbonyl (C=O) groups is 3. The van der Waals surface area contributed by atoms with Crippen LogP contribution in [0.25, 0.3) is 22.6 Å². The number of ether oxygens (including phenoxy) is 2. The van der Waals surface area contributed by atoms with Crippen molar-refractivity contribution in [3.63, 3.8) is 0 Å². The highest BCUT2D eigenvalue weighted by atomic mass is 19.1. The third-order valence-corrected chi connectivity index (χ3v) is 7.61. The first kappa shape index (κ1) is 36.3. The molecule has 1 aliphatic heterocycles. The Bertz CT molecular complexity index is 1670. The Morgan fingerprint density at radius 3 is 1.98 bits per heavy atom. The van der Waals surface area contributed by atoms with E-state index < -0.39 is 53.6 Å². The summed E-state index contributed by atoms with van der Waals surface area (Å²) < 4.78 is 44.6. The average Bonchev–Trinajstić information content (AvgIpc) is 3.48.